The van der Waals surface area contributed by atoms with Crippen molar-refractivity contribution in [3.05, 3.63) is 46.5 Å². The minimum atomic E-state index is -0.445. The topological polar surface area (TPSA) is 89.3 Å². The maximum absolute atomic E-state index is 11.0. The van der Waals surface area contributed by atoms with E-state index >= 15 is 0 Å². The molecule has 2 N–H and O–H groups in total. The summed E-state index contributed by atoms with van der Waals surface area (Å²) < 4.78 is 5.14. The molecular formula is C14H16N4O3. The Bertz CT molecular complexity index is 646. The summed E-state index contributed by atoms with van der Waals surface area (Å²) in [5.41, 5.74) is 0.719. The van der Waals surface area contributed by atoms with E-state index in [0.717, 1.165) is 5.69 Å². The zero-order valence-corrected chi connectivity index (χ0v) is 11.8. The summed E-state index contributed by atoms with van der Waals surface area (Å²) in [6, 6.07) is 10.0. The third-order valence-electron chi connectivity index (χ3n) is 2.72. The number of ether oxygens (including phenoxy) is 1. The van der Waals surface area contributed by atoms with Gasteiger partial charge in [0.15, 0.2) is 0 Å². The van der Waals surface area contributed by atoms with Gasteiger partial charge in [0.1, 0.15) is 17.4 Å². The number of nitro groups is 1. The van der Waals surface area contributed by atoms with Crippen LogP contribution in [-0.2, 0) is 0 Å². The smallest absolute Gasteiger partial charge is 0.276 e. The molecule has 0 aliphatic carbocycles. The average Bonchev–Trinajstić information content (AvgIpc) is 2.47. The van der Waals surface area contributed by atoms with Gasteiger partial charge in [-0.1, -0.05) is 6.07 Å². The lowest BCUT2D eigenvalue weighted by Gasteiger charge is -2.09. The van der Waals surface area contributed by atoms with Crippen LogP contribution in [-0.4, -0.2) is 23.6 Å². The molecule has 0 atom stereocenters. The SMILES string of the molecule is CCNc1cc([N+](=O)[O-])cc(Nc2cccc(OC)c2)n1. The van der Waals surface area contributed by atoms with E-state index in [1.165, 1.54) is 12.1 Å². The van der Waals surface area contributed by atoms with Crippen molar-refractivity contribution in [2.24, 2.45) is 0 Å². The van der Waals surface area contributed by atoms with Gasteiger partial charge in [-0.25, -0.2) is 4.98 Å². The van der Waals surface area contributed by atoms with E-state index in [1.54, 1.807) is 13.2 Å². The van der Waals surface area contributed by atoms with E-state index in [1.807, 2.05) is 25.1 Å². The van der Waals surface area contributed by atoms with Gasteiger partial charge in [0.25, 0.3) is 5.69 Å². The monoisotopic (exact) mass is 288 g/mol. The summed E-state index contributed by atoms with van der Waals surface area (Å²) in [5.74, 6) is 1.54. The number of anilines is 3. The molecule has 0 saturated carbocycles. The van der Waals surface area contributed by atoms with Crippen molar-refractivity contribution in [3.8, 4) is 5.75 Å². The van der Waals surface area contributed by atoms with Crippen molar-refractivity contribution >= 4 is 23.0 Å². The lowest BCUT2D eigenvalue weighted by Crippen LogP contribution is -2.03. The van der Waals surface area contributed by atoms with Crippen LogP contribution in [0.3, 0.4) is 0 Å². The number of nitrogens with zero attached hydrogens (tertiary/aromatic N) is 2. The number of hydrogen-bond donors (Lipinski definition) is 2. The molecule has 0 saturated heterocycles. The number of benzene rings is 1. The number of methoxy groups -OCH3 is 1. The quantitative estimate of drug-likeness (QED) is 0.627. The summed E-state index contributed by atoms with van der Waals surface area (Å²) in [5, 5.41) is 17.0. The zero-order valence-electron chi connectivity index (χ0n) is 11.8. The maximum Gasteiger partial charge on any atom is 0.276 e. The third-order valence-corrected chi connectivity index (χ3v) is 2.72. The maximum atomic E-state index is 11.0. The Labute approximate surface area is 122 Å². The highest BCUT2D eigenvalue weighted by atomic mass is 16.6. The fraction of sp³-hybridized carbons (Fsp3) is 0.214. The Kier molecular flexibility index (Phi) is 4.55. The van der Waals surface area contributed by atoms with E-state index in [-0.39, 0.29) is 5.69 Å². The average molecular weight is 288 g/mol. The number of nitrogens with one attached hydrogen (secondary N) is 2. The second-order valence-corrected chi connectivity index (χ2v) is 4.24. The lowest BCUT2D eigenvalue weighted by atomic mass is 10.3. The molecule has 7 heteroatoms. The van der Waals surface area contributed by atoms with Gasteiger partial charge in [-0.3, -0.25) is 10.1 Å². The third kappa shape index (κ3) is 3.82. The molecule has 110 valence electrons. The fourth-order valence-electron chi connectivity index (χ4n) is 1.81. The number of aromatic nitrogens is 1. The Balaban J connectivity index is 2.31. The van der Waals surface area contributed by atoms with Crippen molar-refractivity contribution in [2.75, 3.05) is 24.3 Å². The van der Waals surface area contributed by atoms with Gasteiger partial charge >= 0.3 is 0 Å². The van der Waals surface area contributed by atoms with Crippen LogP contribution in [0.1, 0.15) is 6.92 Å². The Morgan fingerprint density at radius 3 is 2.71 bits per heavy atom. The van der Waals surface area contributed by atoms with Crippen LogP contribution < -0.4 is 15.4 Å². The molecule has 0 aliphatic rings. The molecule has 1 aromatic heterocycles. The Morgan fingerprint density at radius 1 is 1.29 bits per heavy atom. The predicted octanol–water partition coefficient (Wildman–Crippen LogP) is 3.17. The van der Waals surface area contributed by atoms with Crippen LogP contribution in [0.15, 0.2) is 36.4 Å². The summed E-state index contributed by atoms with van der Waals surface area (Å²) in [6.07, 6.45) is 0. The van der Waals surface area contributed by atoms with Crippen LogP contribution in [0, 0.1) is 10.1 Å². The lowest BCUT2D eigenvalue weighted by molar-refractivity contribution is -0.384. The molecule has 21 heavy (non-hydrogen) atoms. The first-order valence-electron chi connectivity index (χ1n) is 6.44. The molecule has 2 aromatic rings. The molecule has 0 unspecified atom stereocenters. The van der Waals surface area contributed by atoms with Gasteiger partial charge in [0.05, 0.1) is 24.2 Å². The van der Waals surface area contributed by atoms with Crippen LogP contribution in [0.5, 0.6) is 5.75 Å². The summed E-state index contributed by atoms with van der Waals surface area (Å²) in [4.78, 5) is 14.8. The molecular weight excluding hydrogens is 272 g/mol. The van der Waals surface area contributed by atoms with Gasteiger partial charge in [-0.05, 0) is 19.1 Å². The summed E-state index contributed by atoms with van der Waals surface area (Å²) >= 11 is 0. The van der Waals surface area contributed by atoms with Gasteiger partial charge in [0, 0.05) is 18.3 Å². The minimum Gasteiger partial charge on any atom is -0.497 e. The first-order chi connectivity index (χ1) is 10.1. The van der Waals surface area contributed by atoms with Crippen molar-refractivity contribution < 1.29 is 9.66 Å². The first kappa shape index (κ1) is 14.6. The van der Waals surface area contributed by atoms with Gasteiger partial charge in [0.2, 0.25) is 0 Å². The highest BCUT2D eigenvalue weighted by molar-refractivity contribution is 5.63. The molecule has 0 amide bonds. The van der Waals surface area contributed by atoms with Crippen LogP contribution in [0.2, 0.25) is 0 Å². The first-order valence-corrected chi connectivity index (χ1v) is 6.44. The van der Waals surface area contributed by atoms with Crippen LogP contribution in [0.4, 0.5) is 23.0 Å². The van der Waals surface area contributed by atoms with E-state index in [2.05, 4.69) is 15.6 Å². The van der Waals surface area contributed by atoms with Gasteiger partial charge in [-0.15, -0.1) is 0 Å². The van der Waals surface area contributed by atoms with Crippen molar-refractivity contribution in [2.45, 2.75) is 6.92 Å². The van der Waals surface area contributed by atoms with E-state index in [4.69, 9.17) is 4.74 Å². The fourth-order valence-corrected chi connectivity index (χ4v) is 1.81. The highest BCUT2D eigenvalue weighted by Crippen LogP contribution is 2.25. The van der Waals surface area contributed by atoms with Crippen molar-refractivity contribution in [1.82, 2.24) is 4.98 Å². The predicted molar refractivity (Wildman–Crippen MR) is 81.3 cm³/mol. The number of hydrogen-bond acceptors (Lipinski definition) is 6. The van der Waals surface area contributed by atoms with E-state index in [9.17, 15) is 10.1 Å². The molecule has 0 spiro atoms. The zero-order chi connectivity index (χ0) is 15.2. The minimum absolute atomic E-state index is 0.0219. The van der Waals surface area contributed by atoms with Gasteiger partial charge < -0.3 is 15.4 Å². The molecule has 1 heterocycles. The standard InChI is InChI=1S/C14H16N4O3/c1-3-15-13-8-11(18(19)20)9-14(17-13)16-10-5-4-6-12(7-10)21-2/h4-9H,3H2,1-2H3,(H2,15,16,17). The molecule has 0 radical (unpaired) electrons. The molecule has 0 aliphatic heterocycles. The second kappa shape index (κ2) is 6.56. The largest absolute Gasteiger partial charge is 0.497 e. The van der Waals surface area contributed by atoms with Crippen molar-refractivity contribution in [3.63, 3.8) is 0 Å². The number of pyridine rings is 1. The van der Waals surface area contributed by atoms with E-state index in [0.29, 0.717) is 23.9 Å². The van der Waals surface area contributed by atoms with Crippen molar-refractivity contribution in [1.29, 1.82) is 0 Å². The second-order valence-electron chi connectivity index (χ2n) is 4.24. The number of rotatable bonds is 6. The normalized spacial score (nSPS) is 10.0. The molecule has 0 fully saturated rings. The Morgan fingerprint density at radius 2 is 2.05 bits per heavy atom. The molecule has 1 aromatic carbocycles. The molecule has 7 nitrogen and oxygen atoms in total. The van der Waals surface area contributed by atoms with Crippen LogP contribution in [0.25, 0.3) is 0 Å². The Hall–Kier alpha value is -2.83. The summed E-state index contributed by atoms with van der Waals surface area (Å²) in [6.45, 7) is 2.53. The van der Waals surface area contributed by atoms with E-state index < -0.39 is 4.92 Å². The molecule has 2 rings (SSSR count). The van der Waals surface area contributed by atoms with Crippen LogP contribution >= 0.6 is 0 Å². The van der Waals surface area contributed by atoms with Gasteiger partial charge in [-0.2, -0.15) is 0 Å². The highest BCUT2D eigenvalue weighted by Gasteiger charge is 2.11. The summed E-state index contributed by atoms with van der Waals surface area (Å²) in [7, 11) is 1.58. The molecule has 0 bridgehead atoms.